The van der Waals surface area contributed by atoms with Gasteiger partial charge in [0.25, 0.3) is 0 Å². The molecule has 2 aromatic heterocycles. The van der Waals surface area contributed by atoms with Crippen molar-refractivity contribution < 1.29 is 4.79 Å². The molecule has 116 valence electrons. The second kappa shape index (κ2) is 6.75. The van der Waals surface area contributed by atoms with E-state index in [-0.39, 0.29) is 5.78 Å². The van der Waals surface area contributed by atoms with Crippen molar-refractivity contribution in [1.82, 2.24) is 9.78 Å². The topological polar surface area (TPSA) is 34.9 Å². The van der Waals surface area contributed by atoms with Gasteiger partial charge in [-0.1, -0.05) is 30.3 Å². The lowest BCUT2D eigenvalue weighted by Crippen LogP contribution is -1.89. The van der Waals surface area contributed by atoms with E-state index in [0.29, 0.717) is 0 Å². The molecule has 0 aliphatic heterocycles. The van der Waals surface area contributed by atoms with E-state index in [1.54, 1.807) is 22.1 Å². The second-order valence-corrected chi connectivity index (χ2v) is 6.64. The maximum atomic E-state index is 12.3. The molecular formula is C19H18N2OS. The Labute approximate surface area is 139 Å². The minimum absolute atomic E-state index is 0.0394. The van der Waals surface area contributed by atoms with Gasteiger partial charge in [0.1, 0.15) is 0 Å². The highest BCUT2D eigenvalue weighted by Gasteiger charge is 2.07. The summed E-state index contributed by atoms with van der Waals surface area (Å²) in [5.41, 5.74) is 3.16. The molecule has 0 aliphatic rings. The number of nitrogens with zero attached hydrogens (tertiary/aromatic N) is 2. The van der Waals surface area contributed by atoms with Crippen LogP contribution in [0.2, 0.25) is 0 Å². The Morgan fingerprint density at radius 1 is 1.22 bits per heavy atom. The average molecular weight is 322 g/mol. The molecule has 4 heteroatoms. The van der Waals surface area contributed by atoms with Gasteiger partial charge in [0.2, 0.25) is 0 Å². The van der Waals surface area contributed by atoms with E-state index in [0.717, 1.165) is 22.6 Å². The minimum atomic E-state index is 0.0394. The van der Waals surface area contributed by atoms with Crippen molar-refractivity contribution in [1.29, 1.82) is 0 Å². The van der Waals surface area contributed by atoms with Gasteiger partial charge in [-0.2, -0.15) is 5.10 Å². The van der Waals surface area contributed by atoms with Gasteiger partial charge in [0.15, 0.2) is 5.78 Å². The highest BCUT2D eigenvalue weighted by molar-refractivity contribution is 7.14. The third-order valence-corrected chi connectivity index (χ3v) is 4.69. The van der Waals surface area contributed by atoms with Crippen molar-refractivity contribution in [3.05, 3.63) is 81.3 Å². The molecule has 0 fully saturated rings. The van der Waals surface area contributed by atoms with Gasteiger partial charge in [-0.15, -0.1) is 11.3 Å². The second-order valence-electron chi connectivity index (χ2n) is 5.47. The largest absolute Gasteiger partial charge is 0.288 e. The minimum Gasteiger partial charge on any atom is -0.288 e. The number of carbonyl (C=O) groups is 1. The predicted octanol–water partition coefficient (Wildman–Crippen LogP) is 4.28. The van der Waals surface area contributed by atoms with E-state index >= 15 is 0 Å². The molecule has 0 saturated carbocycles. The first-order valence-corrected chi connectivity index (χ1v) is 8.29. The molecule has 0 bridgehead atoms. The van der Waals surface area contributed by atoms with Gasteiger partial charge < -0.3 is 0 Å². The van der Waals surface area contributed by atoms with Gasteiger partial charge >= 0.3 is 0 Å². The van der Waals surface area contributed by atoms with Crippen LogP contribution in [0.1, 0.15) is 31.4 Å². The smallest absolute Gasteiger partial charge is 0.195 e. The molecule has 3 rings (SSSR count). The van der Waals surface area contributed by atoms with E-state index in [1.807, 2.05) is 56.6 Å². The SMILES string of the molecule is Cc1nn(C)cc1/C=C/C(=O)c1ccc(Cc2ccccc2)s1. The van der Waals surface area contributed by atoms with Gasteiger partial charge in [-0.3, -0.25) is 9.48 Å². The van der Waals surface area contributed by atoms with Crippen LogP contribution in [0.15, 0.2) is 54.7 Å². The summed E-state index contributed by atoms with van der Waals surface area (Å²) in [4.78, 5) is 14.3. The Hall–Kier alpha value is -2.46. The van der Waals surface area contributed by atoms with E-state index in [1.165, 1.54) is 10.4 Å². The number of thiophene rings is 1. The van der Waals surface area contributed by atoms with E-state index < -0.39 is 0 Å². The normalized spacial score (nSPS) is 11.2. The van der Waals surface area contributed by atoms with Gasteiger partial charge in [-0.05, 0) is 36.8 Å². The number of carbonyl (C=O) groups excluding carboxylic acids is 1. The molecular weight excluding hydrogens is 304 g/mol. The first kappa shape index (κ1) is 15.4. The molecule has 23 heavy (non-hydrogen) atoms. The summed E-state index contributed by atoms with van der Waals surface area (Å²) in [6.07, 6.45) is 6.24. The first-order chi connectivity index (χ1) is 11.1. The van der Waals surface area contributed by atoms with E-state index in [4.69, 9.17) is 0 Å². The molecule has 0 saturated heterocycles. The molecule has 3 nitrogen and oxygen atoms in total. The van der Waals surface area contributed by atoms with Crippen molar-refractivity contribution in [2.24, 2.45) is 7.05 Å². The molecule has 0 amide bonds. The average Bonchev–Trinajstić information content (AvgIpc) is 3.12. The van der Waals surface area contributed by atoms with Crippen LogP contribution >= 0.6 is 11.3 Å². The lowest BCUT2D eigenvalue weighted by Gasteiger charge is -1.96. The maximum absolute atomic E-state index is 12.3. The fourth-order valence-electron chi connectivity index (χ4n) is 2.43. The van der Waals surface area contributed by atoms with Crippen molar-refractivity contribution >= 4 is 23.2 Å². The summed E-state index contributed by atoms with van der Waals surface area (Å²) < 4.78 is 1.75. The number of allylic oxidation sites excluding steroid dienone is 1. The Balaban J connectivity index is 1.70. The molecule has 1 aromatic carbocycles. The molecule has 0 N–H and O–H groups in total. The van der Waals surface area contributed by atoms with Crippen LogP contribution in [0.25, 0.3) is 6.08 Å². The van der Waals surface area contributed by atoms with Crippen LogP contribution in [0.5, 0.6) is 0 Å². The van der Waals surface area contributed by atoms with Crippen LogP contribution in [-0.4, -0.2) is 15.6 Å². The Morgan fingerprint density at radius 3 is 2.70 bits per heavy atom. The van der Waals surface area contributed by atoms with Gasteiger partial charge in [0, 0.05) is 30.1 Å². The van der Waals surface area contributed by atoms with Crippen molar-refractivity contribution in [2.45, 2.75) is 13.3 Å². The van der Waals surface area contributed by atoms with E-state index in [9.17, 15) is 4.79 Å². The fraction of sp³-hybridized carbons (Fsp3) is 0.158. The zero-order valence-electron chi connectivity index (χ0n) is 13.2. The summed E-state index contributed by atoms with van der Waals surface area (Å²) in [5, 5.41) is 4.27. The number of aromatic nitrogens is 2. The van der Waals surface area contributed by atoms with Gasteiger partial charge in [0.05, 0.1) is 10.6 Å². The third kappa shape index (κ3) is 3.85. The monoisotopic (exact) mass is 322 g/mol. The van der Waals surface area contributed by atoms with Crippen molar-refractivity contribution in [2.75, 3.05) is 0 Å². The maximum Gasteiger partial charge on any atom is 0.195 e. The molecule has 0 atom stereocenters. The fourth-order valence-corrected chi connectivity index (χ4v) is 3.39. The van der Waals surface area contributed by atoms with Gasteiger partial charge in [-0.25, -0.2) is 0 Å². The molecule has 2 heterocycles. The highest BCUT2D eigenvalue weighted by atomic mass is 32.1. The summed E-state index contributed by atoms with van der Waals surface area (Å²) >= 11 is 1.56. The number of aryl methyl sites for hydroxylation is 2. The number of hydrogen-bond acceptors (Lipinski definition) is 3. The molecule has 0 aliphatic carbocycles. The van der Waals surface area contributed by atoms with Crippen LogP contribution in [0, 0.1) is 6.92 Å². The lowest BCUT2D eigenvalue weighted by molar-refractivity contribution is 0.105. The van der Waals surface area contributed by atoms with Crippen LogP contribution in [0.3, 0.4) is 0 Å². The molecule has 3 aromatic rings. The Kier molecular flexibility index (Phi) is 4.53. The van der Waals surface area contributed by atoms with Crippen LogP contribution < -0.4 is 0 Å². The zero-order valence-corrected chi connectivity index (χ0v) is 14.0. The first-order valence-electron chi connectivity index (χ1n) is 7.47. The Morgan fingerprint density at radius 2 is 2.00 bits per heavy atom. The quantitative estimate of drug-likeness (QED) is 0.519. The molecule has 0 spiro atoms. The van der Waals surface area contributed by atoms with Crippen molar-refractivity contribution in [3.63, 3.8) is 0 Å². The van der Waals surface area contributed by atoms with E-state index in [2.05, 4.69) is 17.2 Å². The standard InChI is InChI=1S/C19H18N2OS/c1-14-16(13-21(2)20-14)8-10-18(22)19-11-9-17(23-19)12-15-6-4-3-5-7-15/h3-11,13H,12H2,1-2H3/b10-8+. The summed E-state index contributed by atoms with van der Waals surface area (Å²) in [5.74, 6) is 0.0394. The molecule has 0 radical (unpaired) electrons. The highest BCUT2D eigenvalue weighted by Crippen LogP contribution is 2.21. The third-order valence-electron chi connectivity index (χ3n) is 3.59. The number of rotatable bonds is 5. The van der Waals surface area contributed by atoms with Crippen LogP contribution in [-0.2, 0) is 13.5 Å². The number of benzene rings is 1. The Bertz CT molecular complexity index is 843. The predicted molar refractivity (Wildman–Crippen MR) is 94.9 cm³/mol. The summed E-state index contributed by atoms with van der Waals surface area (Å²) in [7, 11) is 1.88. The number of ketones is 1. The zero-order chi connectivity index (χ0) is 16.2. The van der Waals surface area contributed by atoms with Crippen molar-refractivity contribution in [3.8, 4) is 0 Å². The van der Waals surface area contributed by atoms with Crippen LogP contribution in [0.4, 0.5) is 0 Å². The molecule has 0 unspecified atom stereocenters. The summed E-state index contributed by atoms with van der Waals surface area (Å²) in [6.45, 7) is 1.94. The summed E-state index contributed by atoms with van der Waals surface area (Å²) in [6, 6.07) is 14.2. The number of hydrogen-bond donors (Lipinski definition) is 0. The lowest BCUT2D eigenvalue weighted by atomic mass is 10.1.